The highest BCUT2D eigenvalue weighted by Crippen LogP contribution is 2.29. The van der Waals surface area contributed by atoms with Crippen molar-refractivity contribution in [2.24, 2.45) is 5.10 Å². The van der Waals surface area contributed by atoms with Crippen LogP contribution >= 0.6 is 11.6 Å². The number of benzene rings is 3. The van der Waals surface area contributed by atoms with Gasteiger partial charge in [-0.2, -0.15) is 9.78 Å². The fourth-order valence-corrected chi connectivity index (χ4v) is 5.87. The third-order valence-corrected chi connectivity index (χ3v) is 8.29. The summed E-state index contributed by atoms with van der Waals surface area (Å²) in [5.74, 6) is 1.24. The van der Waals surface area contributed by atoms with Gasteiger partial charge in [0.25, 0.3) is 11.5 Å². The van der Waals surface area contributed by atoms with E-state index in [9.17, 15) is 9.59 Å². The Morgan fingerprint density at radius 3 is 2.61 bits per heavy atom. The number of carbonyl (C=O) groups excluding carboxylic acids is 1. The number of aromatic nitrogens is 3. The third kappa shape index (κ3) is 5.68. The van der Waals surface area contributed by atoms with E-state index in [2.05, 4.69) is 9.67 Å². The molecule has 0 bridgehead atoms. The zero-order chi connectivity index (χ0) is 31.8. The summed E-state index contributed by atoms with van der Waals surface area (Å²) in [5, 5.41) is 6.47. The third-order valence-electron chi connectivity index (χ3n) is 8.06. The Kier molecular flexibility index (Phi) is 7.90. The molecule has 11 heteroatoms. The number of furan rings is 1. The van der Waals surface area contributed by atoms with Gasteiger partial charge in [-0.25, -0.2) is 4.98 Å². The highest BCUT2D eigenvalue weighted by molar-refractivity contribution is 6.31. The van der Waals surface area contributed by atoms with Gasteiger partial charge >= 0.3 is 0 Å². The van der Waals surface area contributed by atoms with Gasteiger partial charge in [0.1, 0.15) is 11.3 Å². The monoisotopic (exact) mass is 635 g/mol. The van der Waals surface area contributed by atoms with Gasteiger partial charge in [0.2, 0.25) is 5.82 Å². The van der Waals surface area contributed by atoms with E-state index in [-0.39, 0.29) is 23.9 Å². The molecule has 0 atom stereocenters. The molecule has 1 aliphatic rings. The van der Waals surface area contributed by atoms with Gasteiger partial charge in [0.05, 0.1) is 30.3 Å². The second kappa shape index (κ2) is 12.3. The van der Waals surface area contributed by atoms with Crippen LogP contribution < -0.4 is 10.3 Å². The molecule has 232 valence electrons. The fourth-order valence-electron chi connectivity index (χ4n) is 5.69. The molecular weight excluding hydrogens is 606 g/mol. The molecule has 1 saturated heterocycles. The van der Waals surface area contributed by atoms with E-state index >= 15 is 0 Å². The van der Waals surface area contributed by atoms with Gasteiger partial charge in [-0.3, -0.25) is 9.59 Å². The van der Waals surface area contributed by atoms with Crippen LogP contribution in [0.1, 0.15) is 17.0 Å². The summed E-state index contributed by atoms with van der Waals surface area (Å²) < 4.78 is 20.5. The highest BCUT2D eigenvalue weighted by atomic mass is 35.5. The number of ether oxygens (including phenoxy) is 2. The van der Waals surface area contributed by atoms with E-state index in [1.807, 2.05) is 56.3 Å². The molecule has 0 radical (unpaired) electrons. The Hall–Kier alpha value is -5.19. The molecule has 46 heavy (non-hydrogen) atoms. The van der Waals surface area contributed by atoms with Crippen molar-refractivity contribution < 1.29 is 18.7 Å². The second-order valence-electron chi connectivity index (χ2n) is 11.0. The average Bonchev–Trinajstić information content (AvgIpc) is 3.62. The maximum atomic E-state index is 13.7. The fraction of sp³-hybridized carbons (Fsp3) is 0.200. The van der Waals surface area contributed by atoms with Crippen LogP contribution in [0.15, 0.2) is 93.2 Å². The van der Waals surface area contributed by atoms with Crippen molar-refractivity contribution in [1.82, 2.24) is 19.1 Å². The van der Waals surface area contributed by atoms with E-state index in [0.29, 0.717) is 59.3 Å². The minimum atomic E-state index is -0.313. The topological polar surface area (TPSA) is 104 Å². The van der Waals surface area contributed by atoms with Crippen LogP contribution in [0, 0.1) is 13.8 Å². The molecule has 0 saturated carbocycles. The number of aryl methyl sites for hydroxylation is 1. The first-order chi connectivity index (χ1) is 22.4. The highest BCUT2D eigenvalue weighted by Gasteiger charge is 2.19. The van der Waals surface area contributed by atoms with Gasteiger partial charge in [0.15, 0.2) is 12.4 Å². The van der Waals surface area contributed by atoms with Crippen molar-refractivity contribution in [1.29, 1.82) is 0 Å². The van der Waals surface area contributed by atoms with Crippen molar-refractivity contribution in [2.45, 2.75) is 13.8 Å². The summed E-state index contributed by atoms with van der Waals surface area (Å²) in [7, 11) is 0. The summed E-state index contributed by atoms with van der Waals surface area (Å²) in [6.07, 6.45) is 1.66. The molecular formula is C35H30ClN5O5. The lowest BCUT2D eigenvalue weighted by atomic mass is 10.2. The summed E-state index contributed by atoms with van der Waals surface area (Å²) >= 11 is 6.20. The number of amides is 1. The minimum Gasteiger partial charge on any atom is -0.484 e. The lowest BCUT2D eigenvalue weighted by Crippen LogP contribution is -2.42. The minimum absolute atomic E-state index is 0.0195. The Morgan fingerprint density at radius 2 is 1.80 bits per heavy atom. The molecule has 0 N–H and O–H groups in total. The maximum absolute atomic E-state index is 13.7. The molecule has 3 aromatic heterocycles. The van der Waals surface area contributed by atoms with E-state index in [1.165, 1.54) is 4.68 Å². The number of hydrogen-bond donors (Lipinski definition) is 0. The van der Waals surface area contributed by atoms with Crippen LogP contribution in [-0.2, 0) is 9.53 Å². The molecule has 7 rings (SSSR count). The number of halogens is 1. The van der Waals surface area contributed by atoms with Crippen LogP contribution in [0.2, 0.25) is 5.02 Å². The normalized spacial score (nSPS) is 13.7. The Labute approximate surface area is 269 Å². The van der Waals surface area contributed by atoms with Crippen molar-refractivity contribution >= 4 is 45.6 Å². The van der Waals surface area contributed by atoms with Gasteiger partial charge in [-0.05, 0) is 80.6 Å². The van der Waals surface area contributed by atoms with E-state index in [0.717, 1.165) is 28.0 Å². The van der Waals surface area contributed by atoms with Crippen molar-refractivity contribution in [3.63, 3.8) is 0 Å². The number of morpholine rings is 1. The number of nitrogens with zero attached hydrogens (tertiary/aromatic N) is 5. The molecule has 0 spiro atoms. The zero-order valence-electron chi connectivity index (χ0n) is 25.3. The standard InChI is InChI=1S/C35H30ClN5O5/c1-22-17-25(23(2)40(22)27-8-10-28(11-9-27)45-21-33(42)39-13-15-44-16-14-39)20-37-41-34(38-30-6-4-3-5-29(30)35(41)43)32-19-24-18-26(36)7-12-31(24)46-32/h3-12,17-20H,13-16,21H2,1-2H3. The van der Waals surface area contributed by atoms with Crippen molar-refractivity contribution in [3.8, 4) is 23.0 Å². The molecule has 10 nitrogen and oxygen atoms in total. The Bertz CT molecular complexity index is 2170. The predicted octanol–water partition coefficient (Wildman–Crippen LogP) is 5.99. The number of para-hydroxylation sites is 1. The van der Waals surface area contributed by atoms with E-state index in [1.54, 1.807) is 47.5 Å². The first kappa shape index (κ1) is 29.5. The molecule has 4 heterocycles. The summed E-state index contributed by atoms with van der Waals surface area (Å²) in [6.45, 7) is 6.25. The zero-order valence-corrected chi connectivity index (χ0v) is 26.0. The first-order valence-electron chi connectivity index (χ1n) is 14.9. The summed E-state index contributed by atoms with van der Waals surface area (Å²) in [4.78, 5) is 32.7. The van der Waals surface area contributed by atoms with Gasteiger partial charge in [0, 0.05) is 46.1 Å². The van der Waals surface area contributed by atoms with Crippen LogP contribution in [-0.4, -0.2) is 64.2 Å². The molecule has 3 aromatic carbocycles. The average molecular weight is 636 g/mol. The lowest BCUT2D eigenvalue weighted by molar-refractivity contribution is -0.137. The smallest absolute Gasteiger partial charge is 0.282 e. The van der Waals surface area contributed by atoms with E-state index < -0.39 is 0 Å². The first-order valence-corrected chi connectivity index (χ1v) is 15.3. The second-order valence-corrected chi connectivity index (χ2v) is 11.5. The molecule has 6 aromatic rings. The Morgan fingerprint density at radius 1 is 1.02 bits per heavy atom. The van der Waals surface area contributed by atoms with Gasteiger partial charge in [-0.1, -0.05) is 23.7 Å². The van der Waals surface area contributed by atoms with Crippen molar-refractivity contribution in [2.75, 3.05) is 32.9 Å². The quantitative estimate of drug-likeness (QED) is 0.200. The van der Waals surface area contributed by atoms with Crippen LogP contribution in [0.3, 0.4) is 0 Å². The number of carbonyl (C=O) groups is 1. The van der Waals surface area contributed by atoms with Gasteiger partial charge in [-0.15, -0.1) is 0 Å². The van der Waals surface area contributed by atoms with Gasteiger partial charge < -0.3 is 23.4 Å². The summed E-state index contributed by atoms with van der Waals surface area (Å²) in [5.41, 5.74) is 4.52. The molecule has 1 fully saturated rings. The molecule has 0 unspecified atom stereocenters. The van der Waals surface area contributed by atoms with Crippen molar-refractivity contribution in [3.05, 3.63) is 111 Å². The van der Waals surface area contributed by atoms with Crippen LogP contribution in [0.5, 0.6) is 5.75 Å². The SMILES string of the molecule is Cc1cc(C=Nn2c(-c3cc4cc(Cl)ccc4o3)nc3ccccc3c2=O)c(C)n1-c1ccc(OCC(=O)N2CCOCC2)cc1. The summed E-state index contributed by atoms with van der Waals surface area (Å²) in [6, 6.07) is 23.9. The van der Waals surface area contributed by atoms with Crippen LogP contribution in [0.25, 0.3) is 39.1 Å². The lowest BCUT2D eigenvalue weighted by Gasteiger charge is -2.26. The molecule has 0 aliphatic carbocycles. The number of fused-ring (bicyclic) bond motifs is 2. The molecule has 1 aliphatic heterocycles. The number of rotatable bonds is 7. The maximum Gasteiger partial charge on any atom is 0.282 e. The van der Waals surface area contributed by atoms with Crippen LogP contribution in [0.4, 0.5) is 0 Å². The van der Waals surface area contributed by atoms with E-state index in [4.69, 9.17) is 30.5 Å². The number of hydrogen-bond acceptors (Lipinski definition) is 7. The Balaban J connectivity index is 1.18. The predicted molar refractivity (Wildman–Crippen MR) is 177 cm³/mol. The molecule has 1 amide bonds. The largest absolute Gasteiger partial charge is 0.484 e.